The van der Waals surface area contributed by atoms with Crippen LogP contribution < -0.4 is 10.2 Å². The number of carbonyl (C=O) groups is 1. The van der Waals surface area contributed by atoms with Gasteiger partial charge >= 0.3 is 0 Å². The van der Waals surface area contributed by atoms with Crippen molar-refractivity contribution >= 4 is 22.8 Å². The number of likely N-dealkylation sites (tertiary alicyclic amines) is 2. The number of pyridine rings is 1. The summed E-state index contributed by atoms with van der Waals surface area (Å²) in [4.78, 5) is 25.7. The molecule has 2 aromatic heterocycles. The highest BCUT2D eigenvalue weighted by Gasteiger charge is 2.41. The van der Waals surface area contributed by atoms with Gasteiger partial charge in [0.2, 0.25) is 0 Å². The third kappa shape index (κ3) is 5.49. The van der Waals surface area contributed by atoms with Crippen LogP contribution in [0.5, 0.6) is 0 Å². The predicted molar refractivity (Wildman–Crippen MR) is 145 cm³/mol. The first-order valence-corrected chi connectivity index (χ1v) is 14.5. The molecule has 4 aliphatic rings. The summed E-state index contributed by atoms with van der Waals surface area (Å²) in [5.74, 6) is 0.924. The van der Waals surface area contributed by atoms with E-state index in [4.69, 9.17) is 9.72 Å². The van der Waals surface area contributed by atoms with Crippen LogP contribution in [0.2, 0.25) is 0 Å². The molecule has 0 aliphatic carbocycles. The van der Waals surface area contributed by atoms with Crippen molar-refractivity contribution < 1.29 is 9.53 Å². The van der Waals surface area contributed by atoms with Crippen molar-refractivity contribution in [2.24, 2.45) is 12.5 Å². The van der Waals surface area contributed by atoms with Crippen LogP contribution in [0.15, 0.2) is 12.1 Å². The van der Waals surface area contributed by atoms with E-state index in [1.54, 1.807) is 4.68 Å². The molecule has 0 radical (unpaired) electrons. The third-order valence-corrected chi connectivity index (χ3v) is 9.21. The zero-order valence-electron chi connectivity index (χ0n) is 22.5. The predicted octanol–water partition coefficient (Wildman–Crippen LogP) is 2.66. The van der Waals surface area contributed by atoms with Crippen LogP contribution >= 0.6 is 0 Å². The fraction of sp³-hybridized carbons (Fsp3) is 0.750. The maximum atomic E-state index is 13.2. The van der Waals surface area contributed by atoms with Gasteiger partial charge in [-0.3, -0.25) is 4.79 Å². The van der Waals surface area contributed by atoms with Crippen LogP contribution in [0.4, 0.5) is 5.82 Å². The minimum atomic E-state index is -0.0735. The summed E-state index contributed by atoms with van der Waals surface area (Å²) < 4.78 is 7.22. The van der Waals surface area contributed by atoms with Crippen molar-refractivity contribution in [3.8, 4) is 0 Å². The van der Waals surface area contributed by atoms with Crippen LogP contribution in [-0.4, -0.2) is 102 Å². The molecule has 37 heavy (non-hydrogen) atoms. The van der Waals surface area contributed by atoms with Crippen molar-refractivity contribution in [2.75, 3.05) is 70.5 Å². The van der Waals surface area contributed by atoms with E-state index in [9.17, 15) is 4.79 Å². The minimum absolute atomic E-state index is 0.0735. The molecule has 1 spiro atoms. The molecule has 0 aromatic carbocycles. The van der Waals surface area contributed by atoms with Crippen LogP contribution in [0.25, 0.3) is 11.0 Å². The molecule has 0 bridgehead atoms. The van der Waals surface area contributed by atoms with Crippen molar-refractivity contribution in [3.05, 3.63) is 17.8 Å². The van der Waals surface area contributed by atoms with Gasteiger partial charge in [0, 0.05) is 57.8 Å². The maximum Gasteiger partial charge on any atom is 0.272 e. The van der Waals surface area contributed by atoms with Crippen LogP contribution in [0.1, 0.15) is 61.9 Å². The fourth-order valence-electron chi connectivity index (χ4n) is 6.53. The van der Waals surface area contributed by atoms with E-state index >= 15 is 0 Å². The largest absolute Gasteiger partial charge is 0.380 e. The molecular formula is C28H43N7O2. The number of piperidine rings is 2. The summed E-state index contributed by atoms with van der Waals surface area (Å²) in [6, 6.07) is 4.30. The lowest BCUT2D eigenvalue weighted by Crippen LogP contribution is -2.52. The standard InChI is InChI=1S/C28H43N7O2/c1-32-26-23(6-7-24(30-26)35-12-4-2-3-5-13-35)25(31-32)27(36)29-22-8-14-33(15-9-22)18-19-34-16-10-28(11-17-34)20-37-21-28/h6-7,22H,2-5,8-21H2,1H3,(H,29,36). The molecule has 0 atom stereocenters. The quantitative estimate of drug-likeness (QED) is 0.641. The number of aromatic nitrogens is 3. The fourth-order valence-corrected chi connectivity index (χ4v) is 6.53. The van der Waals surface area contributed by atoms with Crippen molar-refractivity contribution in [1.82, 2.24) is 29.9 Å². The topological polar surface area (TPSA) is 78.8 Å². The van der Waals surface area contributed by atoms with Gasteiger partial charge in [0.1, 0.15) is 5.82 Å². The number of ether oxygens (including phenoxy) is 1. The molecule has 4 fully saturated rings. The Kier molecular flexibility index (Phi) is 7.36. The molecule has 1 amide bonds. The van der Waals surface area contributed by atoms with Gasteiger partial charge in [-0.15, -0.1) is 0 Å². The van der Waals surface area contributed by atoms with Crippen molar-refractivity contribution in [1.29, 1.82) is 0 Å². The number of nitrogens with zero attached hydrogens (tertiary/aromatic N) is 6. The van der Waals surface area contributed by atoms with E-state index in [0.717, 1.165) is 82.2 Å². The maximum absolute atomic E-state index is 13.2. The Morgan fingerprint density at radius 1 is 0.973 bits per heavy atom. The number of carbonyl (C=O) groups excluding carboxylic acids is 1. The molecule has 9 nitrogen and oxygen atoms in total. The molecule has 4 aliphatic heterocycles. The minimum Gasteiger partial charge on any atom is -0.380 e. The molecule has 4 saturated heterocycles. The summed E-state index contributed by atoms with van der Waals surface area (Å²) in [5, 5.41) is 8.69. The van der Waals surface area contributed by atoms with E-state index in [-0.39, 0.29) is 11.9 Å². The highest BCUT2D eigenvalue weighted by Crippen LogP contribution is 2.38. The Labute approximate surface area is 220 Å². The average Bonchev–Trinajstić information content (AvgIpc) is 3.06. The second-order valence-electron chi connectivity index (χ2n) is 11.8. The van der Waals surface area contributed by atoms with E-state index in [0.29, 0.717) is 11.1 Å². The lowest BCUT2D eigenvalue weighted by Gasteiger charge is -2.47. The highest BCUT2D eigenvalue weighted by molar-refractivity contribution is 6.04. The van der Waals surface area contributed by atoms with Gasteiger partial charge in [-0.25, -0.2) is 9.67 Å². The first kappa shape index (κ1) is 25.1. The Bertz CT molecular complexity index is 1070. The Balaban J connectivity index is 0.992. The SMILES string of the molecule is Cn1nc(C(=O)NC2CCN(CCN3CCC4(CC3)COC4)CC2)c2ccc(N3CCCCCC3)nc21. The summed E-state index contributed by atoms with van der Waals surface area (Å²) in [7, 11) is 1.89. The molecule has 6 heterocycles. The molecular weight excluding hydrogens is 466 g/mol. The van der Waals surface area contributed by atoms with Crippen molar-refractivity contribution in [2.45, 2.75) is 57.4 Å². The molecule has 9 heteroatoms. The Hall–Kier alpha value is -2.23. The van der Waals surface area contributed by atoms with E-state index in [1.807, 2.05) is 13.1 Å². The highest BCUT2D eigenvalue weighted by atomic mass is 16.5. The average molecular weight is 510 g/mol. The number of anilines is 1. The number of rotatable bonds is 6. The lowest BCUT2D eigenvalue weighted by molar-refractivity contribution is -0.139. The van der Waals surface area contributed by atoms with Crippen LogP contribution in [-0.2, 0) is 11.8 Å². The van der Waals surface area contributed by atoms with Gasteiger partial charge in [0.05, 0.1) is 18.6 Å². The normalized spacial score (nSPS) is 23.8. The van der Waals surface area contributed by atoms with E-state index in [2.05, 4.69) is 31.2 Å². The van der Waals surface area contributed by atoms with Gasteiger partial charge in [0.15, 0.2) is 11.3 Å². The van der Waals surface area contributed by atoms with Gasteiger partial charge in [-0.05, 0) is 63.7 Å². The van der Waals surface area contributed by atoms with Crippen LogP contribution in [0, 0.1) is 5.41 Å². The molecule has 202 valence electrons. The first-order chi connectivity index (χ1) is 18.1. The summed E-state index contributed by atoms with van der Waals surface area (Å²) >= 11 is 0. The second-order valence-corrected chi connectivity index (χ2v) is 11.8. The molecule has 6 rings (SSSR count). The van der Waals surface area contributed by atoms with Crippen LogP contribution in [0.3, 0.4) is 0 Å². The Morgan fingerprint density at radius 2 is 1.65 bits per heavy atom. The smallest absolute Gasteiger partial charge is 0.272 e. The zero-order valence-corrected chi connectivity index (χ0v) is 22.5. The number of hydrogen-bond acceptors (Lipinski definition) is 7. The number of amides is 1. The number of hydrogen-bond donors (Lipinski definition) is 1. The van der Waals surface area contributed by atoms with Gasteiger partial charge < -0.3 is 24.8 Å². The van der Waals surface area contributed by atoms with E-state index in [1.165, 1.54) is 51.6 Å². The lowest BCUT2D eigenvalue weighted by atomic mass is 9.77. The van der Waals surface area contributed by atoms with Gasteiger partial charge in [0.25, 0.3) is 5.91 Å². The molecule has 0 saturated carbocycles. The summed E-state index contributed by atoms with van der Waals surface area (Å²) in [6.07, 6.45) is 9.59. The number of aryl methyl sites for hydroxylation is 1. The molecule has 0 unspecified atom stereocenters. The van der Waals surface area contributed by atoms with Gasteiger partial charge in [-0.1, -0.05) is 12.8 Å². The first-order valence-electron chi connectivity index (χ1n) is 14.5. The number of nitrogens with one attached hydrogen (secondary N) is 1. The van der Waals surface area contributed by atoms with E-state index < -0.39 is 0 Å². The van der Waals surface area contributed by atoms with Gasteiger partial charge in [-0.2, -0.15) is 5.10 Å². The number of fused-ring (bicyclic) bond motifs is 1. The Morgan fingerprint density at radius 3 is 2.30 bits per heavy atom. The third-order valence-electron chi connectivity index (χ3n) is 9.21. The zero-order chi connectivity index (χ0) is 25.2. The summed E-state index contributed by atoms with van der Waals surface area (Å²) in [5.41, 5.74) is 1.79. The van der Waals surface area contributed by atoms with Crippen molar-refractivity contribution in [3.63, 3.8) is 0 Å². The second kappa shape index (κ2) is 10.9. The summed E-state index contributed by atoms with van der Waals surface area (Å²) in [6.45, 7) is 10.8. The molecule has 1 N–H and O–H groups in total. The monoisotopic (exact) mass is 509 g/mol. The molecule has 2 aromatic rings.